The summed E-state index contributed by atoms with van der Waals surface area (Å²) < 4.78 is 0. The fourth-order valence-corrected chi connectivity index (χ4v) is 3.85. The molecule has 0 saturated heterocycles. The maximum atomic E-state index is 3.73. The van der Waals surface area contributed by atoms with Gasteiger partial charge in [-0.25, -0.2) is 0 Å². The van der Waals surface area contributed by atoms with Gasteiger partial charge in [0, 0.05) is 11.8 Å². The van der Waals surface area contributed by atoms with Crippen molar-refractivity contribution in [2.75, 3.05) is 12.3 Å². The van der Waals surface area contributed by atoms with E-state index in [1.54, 1.807) is 5.56 Å². The molecule has 94 valence electrons. The second-order valence-corrected chi connectivity index (χ2v) is 6.10. The molecule has 2 heteroatoms. The summed E-state index contributed by atoms with van der Waals surface area (Å²) in [6.07, 6.45) is 1.21. The number of thioether (sulfide) groups is 1. The number of hydrogen-bond donors (Lipinski definition) is 1. The van der Waals surface area contributed by atoms with Crippen LogP contribution in [0.15, 0.2) is 18.2 Å². The molecule has 0 saturated carbocycles. The van der Waals surface area contributed by atoms with Gasteiger partial charge in [0.2, 0.25) is 0 Å². The smallest absolute Gasteiger partial charge is 0.0357 e. The highest BCUT2D eigenvalue weighted by molar-refractivity contribution is 7.98. The standard InChI is InChI=1S/C15H23NS/c1-4-8-16-15-12(3)9-17-10-14-11(2)6-5-7-13(14)15/h5-7,12,15-16H,4,8-10H2,1-3H3. The van der Waals surface area contributed by atoms with Crippen LogP contribution in [0.25, 0.3) is 0 Å². The monoisotopic (exact) mass is 249 g/mol. The molecule has 0 radical (unpaired) electrons. The molecule has 1 aromatic carbocycles. The molecule has 0 aromatic heterocycles. The summed E-state index contributed by atoms with van der Waals surface area (Å²) >= 11 is 2.08. The Balaban J connectivity index is 2.33. The van der Waals surface area contributed by atoms with Gasteiger partial charge >= 0.3 is 0 Å². The van der Waals surface area contributed by atoms with Gasteiger partial charge in [-0.1, -0.05) is 32.0 Å². The van der Waals surface area contributed by atoms with Gasteiger partial charge in [-0.05, 0) is 48.3 Å². The molecule has 1 aliphatic heterocycles. The topological polar surface area (TPSA) is 12.0 Å². The van der Waals surface area contributed by atoms with Crippen molar-refractivity contribution in [2.45, 2.75) is 39.0 Å². The largest absolute Gasteiger partial charge is 0.310 e. The maximum absolute atomic E-state index is 3.73. The molecule has 0 fully saturated rings. The molecule has 1 nitrogen and oxygen atoms in total. The minimum absolute atomic E-state index is 0.542. The highest BCUT2D eigenvalue weighted by atomic mass is 32.2. The molecule has 1 aliphatic rings. The van der Waals surface area contributed by atoms with Crippen LogP contribution in [0.4, 0.5) is 0 Å². The molecule has 0 aliphatic carbocycles. The molecule has 0 spiro atoms. The molecule has 0 bridgehead atoms. The first-order valence-electron chi connectivity index (χ1n) is 6.63. The molecular formula is C15H23NS. The zero-order valence-corrected chi connectivity index (χ0v) is 11.9. The van der Waals surface area contributed by atoms with Gasteiger partial charge < -0.3 is 5.32 Å². The normalized spacial score (nSPS) is 24.2. The van der Waals surface area contributed by atoms with E-state index in [0.29, 0.717) is 6.04 Å². The Labute approximate surface area is 109 Å². The number of hydrogen-bond acceptors (Lipinski definition) is 2. The Morgan fingerprint density at radius 1 is 1.41 bits per heavy atom. The van der Waals surface area contributed by atoms with E-state index in [0.717, 1.165) is 12.5 Å². The summed E-state index contributed by atoms with van der Waals surface area (Å²) in [7, 11) is 0. The summed E-state index contributed by atoms with van der Waals surface area (Å²) in [5.74, 6) is 3.15. The molecular weight excluding hydrogens is 226 g/mol. The maximum Gasteiger partial charge on any atom is 0.0357 e. The van der Waals surface area contributed by atoms with Crippen LogP contribution in [0.2, 0.25) is 0 Å². The van der Waals surface area contributed by atoms with Crippen molar-refractivity contribution in [3.8, 4) is 0 Å². The summed E-state index contributed by atoms with van der Waals surface area (Å²) in [5, 5.41) is 3.73. The molecule has 1 heterocycles. The number of rotatable bonds is 3. The third kappa shape index (κ3) is 2.86. The first kappa shape index (κ1) is 13.0. The number of nitrogens with one attached hydrogen (secondary N) is 1. The van der Waals surface area contributed by atoms with Crippen LogP contribution in [-0.2, 0) is 5.75 Å². The van der Waals surface area contributed by atoms with Crippen LogP contribution in [0.3, 0.4) is 0 Å². The Morgan fingerprint density at radius 3 is 3.00 bits per heavy atom. The highest BCUT2D eigenvalue weighted by Crippen LogP contribution is 2.35. The molecule has 17 heavy (non-hydrogen) atoms. The SMILES string of the molecule is CCCNC1c2cccc(C)c2CSCC1C. The first-order valence-corrected chi connectivity index (χ1v) is 7.79. The van der Waals surface area contributed by atoms with Gasteiger partial charge in [0.25, 0.3) is 0 Å². The van der Waals surface area contributed by atoms with E-state index < -0.39 is 0 Å². The van der Waals surface area contributed by atoms with Crippen molar-refractivity contribution in [1.82, 2.24) is 5.32 Å². The number of fused-ring (bicyclic) bond motifs is 1. The lowest BCUT2D eigenvalue weighted by atomic mass is 9.90. The predicted octanol–water partition coefficient (Wildman–Crippen LogP) is 3.92. The summed E-state index contributed by atoms with van der Waals surface area (Å²) in [4.78, 5) is 0. The summed E-state index contributed by atoms with van der Waals surface area (Å²) in [6, 6.07) is 7.31. The molecule has 1 N–H and O–H groups in total. The summed E-state index contributed by atoms with van der Waals surface area (Å²) in [5.41, 5.74) is 4.55. The Bertz CT molecular complexity index is 375. The van der Waals surface area contributed by atoms with E-state index in [1.807, 2.05) is 0 Å². The van der Waals surface area contributed by atoms with Crippen LogP contribution in [0.5, 0.6) is 0 Å². The minimum atomic E-state index is 0.542. The van der Waals surface area contributed by atoms with Crippen LogP contribution >= 0.6 is 11.8 Å². The Kier molecular flexibility index (Phi) is 4.52. The lowest BCUT2D eigenvalue weighted by molar-refractivity contribution is 0.418. The number of benzene rings is 1. The molecule has 2 rings (SSSR count). The van der Waals surface area contributed by atoms with Crippen LogP contribution < -0.4 is 5.32 Å². The predicted molar refractivity (Wildman–Crippen MR) is 77.5 cm³/mol. The van der Waals surface area contributed by atoms with Crippen LogP contribution in [0, 0.1) is 12.8 Å². The third-order valence-electron chi connectivity index (χ3n) is 3.59. The molecule has 1 aromatic rings. The van der Waals surface area contributed by atoms with Gasteiger partial charge in [-0.3, -0.25) is 0 Å². The van der Waals surface area contributed by atoms with E-state index in [9.17, 15) is 0 Å². The first-order chi connectivity index (χ1) is 8.24. The van der Waals surface area contributed by atoms with Crippen molar-refractivity contribution < 1.29 is 0 Å². The lowest BCUT2D eigenvalue weighted by Crippen LogP contribution is -2.28. The zero-order valence-electron chi connectivity index (χ0n) is 11.1. The Morgan fingerprint density at radius 2 is 2.24 bits per heavy atom. The van der Waals surface area contributed by atoms with Crippen molar-refractivity contribution >= 4 is 11.8 Å². The van der Waals surface area contributed by atoms with Crippen molar-refractivity contribution in [1.29, 1.82) is 0 Å². The second-order valence-electron chi connectivity index (χ2n) is 5.07. The fraction of sp³-hybridized carbons (Fsp3) is 0.600. The van der Waals surface area contributed by atoms with Crippen LogP contribution in [-0.4, -0.2) is 12.3 Å². The zero-order chi connectivity index (χ0) is 12.3. The summed E-state index contributed by atoms with van der Waals surface area (Å²) in [6.45, 7) is 7.97. The van der Waals surface area contributed by atoms with Gasteiger partial charge in [0.1, 0.15) is 0 Å². The minimum Gasteiger partial charge on any atom is -0.310 e. The van der Waals surface area contributed by atoms with E-state index in [2.05, 4.69) is 56.0 Å². The van der Waals surface area contributed by atoms with Crippen molar-refractivity contribution in [3.05, 3.63) is 34.9 Å². The average molecular weight is 249 g/mol. The molecule has 0 amide bonds. The third-order valence-corrected chi connectivity index (χ3v) is 4.85. The van der Waals surface area contributed by atoms with E-state index in [-0.39, 0.29) is 0 Å². The lowest BCUT2D eigenvalue weighted by Gasteiger charge is -2.25. The quantitative estimate of drug-likeness (QED) is 0.871. The molecule has 2 atom stereocenters. The van der Waals surface area contributed by atoms with Crippen LogP contribution in [0.1, 0.15) is 43.0 Å². The number of aryl methyl sites for hydroxylation is 1. The van der Waals surface area contributed by atoms with E-state index >= 15 is 0 Å². The fourth-order valence-electron chi connectivity index (χ4n) is 2.57. The highest BCUT2D eigenvalue weighted by Gasteiger charge is 2.24. The van der Waals surface area contributed by atoms with Gasteiger partial charge in [-0.2, -0.15) is 11.8 Å². The van der Waals surface area contributed by atoms with Gasteiger partial charge in [0.05, 0.1) is 0 Å². The molecule has 2 unspecified atom stereocenters. The van der Waals surface area contributed by atoms with E-state index in [1.165, 1.54) is 29.1 Å². The van der Waals surface area contributed by atoms with Crippen molar-refractivity contribution in [3.63, 3.8) is 0 Å². The van der Waals surface area contributed by atoms with Gasteiger partial charge in [0.15, 0.2) is 0 Å². The van der Waals surface area contributed by atoms with Crippen molar-refractivity contribution in [2.24, 2.45) is 5.92 Å². The second kappa shape index (κ2) is 5.92. The Hall–Kier alpha value is -0.470. The van der Waals surface area contributed by atoms with Gasteiger partial charge in [-0.15, -0.1) is 0 Å². The van der Waals surface area contributed by atoms with E-state index in [4.69, 9.17) is 0 Å². The average Bonchev–Trinajstić information content (AvgIpc) is 2.47.